The molecular weight excluding hydrogens is 340 g/mol. The Labute approximate surface area is 150 Å². The lowest BCUT2D eigenvalue weighted by molar-refractivity contribution is -0.129. The second kappa shape index (κ2) is 8.39. The van der Waals surface area contributed by atoms with Gasteiger partial charge in [-0.05, 0) is 25.1 Å². The summed E-state index contributed by atoms with van der Waals surface area (Å²) < 4.78 is 9.92. The van der Waals surface area contributed by atoms with Crippen molar-refractivity contribution in [1.29, 1.82) is 0 Å². The van der Waals surface area contributed by atoms with Crippen LogP contribution in [0.25, 0.3) is 0 Å². The Bertz CT molecular complexity index is 758. The highest BCUT2D eigenvalue weighted by Crippen LogP contribution is 2.24. The van der Waals surface area contributed by atoms with Gasteiger partial charge in [-0.2, -0.15) is 0 Å². The number of nitrogens with zero attached hydrogens (tertiary/aromatic N) is 1. The molecule has 0 spiro atoms. The van der Waals surface area contributed by atoms with Gasteiger partial charge < -0.3 is 14.8 Å². The molecule has 0 saturated heterocycles. The molecule has 3 amide bonds. The molecule has 138 valence electrons. The third-order valence-corrected chi connectivity index (χ3v) is 3.78. The van der Waals surface area contributed by atoms with Crippen molar-refractivity contribution in [3.05, 3.63) is 47.5 Å². The first kappa shape index (κ1) is 19.3. The molecular formula is C18H20N2O6. The zero-order valence-corrected chi connectivity index (χ0v) is 14.6. The molecule has 8 nitrogen and oxygen atoms in total. The van der Waals surface area contributed by atoms with Crippen LogP contribution in [-0.2, 0) is 14.3 Å². The first-order valence-corrected chi connectivity index (χ1v) is 7.99. The van der Waals surface area contributed by atoms with Gasteiger partial charge in [-0.25, -0.2) is 4.79 Å². The van der Waals surface area contributed by atoms with Gasteiger partial charge in [0.25, 0.3) is 17.7 Å². The molecule has 1 aliphatic heterocycles. The molecule has 0 aromatic heterocycles. The Morgan fingerprint density at radius 2 is 1.96 bits per heavy atom. The maximum absolute atomic E-state index is 12.3. The summed E-state index contributed by atoms with van der Waals surface area (Å²) in [6.07, 6.45) is 0.433. The smallest absolute Gasteiger partial charge is 0.338 e. The summed E-state index contributed by atoms with van der Waals surface area (Å²) in [6.45, 7) is 5.68. The van der Waals surface area contributed by atoms with Crippen molar-refractivity contribution in [2.45, 2.75) is 13.0 Å². The van der Waals surface area contributed by atoms with Gasteiger partial charge >= 0.3 is 5.97 Å². The minimum Gasteiger partial charge on any atom is -0.449 e. The lowest BCUT2D eigenvalue weighted by Gasteiger charge is -2.13. The predicted octanol–water partition coefficient (Wildman–Crippen LogP) is 0.776. The SMILES string of the molecule is C=CCN1C(=O)c2ccc(C(=O)O[C@H](C)C(=O)NCCOC)cc2C1=O. The van der Waals surface area contributed by atoms with Crippen LogP contribution < -0.4 is 5.32 Å². The normalized spacial score (nSPS) is 14.0. The van der Waals surface area contributed by atoms with Gasteiger partial charge in [-0.15, -0.1) is 6.58 Å². The van der Waals surface area contributed by atoms with Crippen molar-refractivity contribution < 1.29 is 28.7 Å². The van der Waals surface area contributed by atoms with Crippen molar-refractivity contribution in [1.82, 2.24) is 10.2 Å². The van der Waals surface area contributed by atoms with Crippen LogP contribution in [0.2, 0.25) is 0 Å². The number of rotatable bonds is 8. The first-order chi connectivity index (χ1) is 12.4. The van der Waals surface area contributed by atoms with Gasteiger partial charge in [0.2, 0.25) is 0 Å². The Kier molecular flexibility index (Phi) is 6.24. The maximum Gasteiger partial charge on any atom is 0.338 e. The fourth-order valence-corrected chi connectivity index (χ4v) is 2.41. The number of benzene rings is 1. The van der Waals surface area contributed by atoms with Crippen molar-refractivity contribution >= 4 is 23.7 Å². The second-order valence-electron chi connectivity index (χ2n) is 5.60. The third kappa shape index (κ3) is 3.97. The van der Waals surface area contributed by atoms with Crippen LogP contribution in [0.1, 0.15) is 38.0 Å². The van der Waals surface area contributed by atoms with E-state index in [2.05, 4.69) is 11.9 Å². The largest absolute Gasteiger partial charge is 0.449 e. The molecule has 0 bridgehead atoms. The van der Waals surface area contributed by atoms with Crippen LogP contribution >= 0.6 is 0 Å². The number of carbonyl (C=O) groups is 4. The van der Waals surface area contributed by atoms with E-state index in [9.17, 15) is 19.2 Å². The predicted molar refractivity (Wildman–Crippen MR) is 91.8 cm³/mol. The number of carbonyl (C=O) groups excluding carboxylic acids is 4. The number of hydrogen-bond donors (Lipinski definition) is 1. The number of hydrogen-bond acceptors (Lipinski definition) is 6. The zero-order chi connectivity index (χ0) is 19.3. The highest BCUT2D eigenvalue weighted by Gasteiger charge is 2.35. The number of esters is 1. The van der Waals surface area contributed by atoms with Crippen LogP contribution in [-0.4, -0.2) is 61.5 Å². The summed E-state index contributed by atoms with van der Waals surface area (Å²) in [5.74, 6) is -2.15. The topological polar surface area (TPSA) is 102 Å². The van der Waals surface area contributed by atoms with Gasteiger partial charge in [0, 0.05) is 20.2 Å². The van der Waals surface area contributed by atoms with Crippen molar-refractivity contribution in [2.75, 3.05) is 26.8 Å². The summed E-state index contributed by atoms with van der Waals surface area (Å²) in [5, 5.41) is 2.56. The minimum absolute atomic E-state index is 0.0851. The molecule has 2 rings (SSSR count). The molecule has 1 heterocycles. The lowest BCUT2D eigenvalue weighted by Crippen LogP contribution is -2.37. The third-order valence-electron chi connectivity index (χ3n) is 3.78. The summed E-state index contributed by atoms with van der Waals surface area (Å²) in [5.41, 5.74) is 0.434. The van der Waals surface area contributed by atoms with Crippen molar-refractivity contribution in [2.24, 2.45) is 0 Å². The summed E-state index contributed by atoms with van der Waals surface area (Å²) >= 11 is 0. The maximum atomic E-state index is 12.3. The number of nitrogens with one attached hydrogen (secondary N) is 1. The Balaban J connectivity index is 2.08. The standard InChI is InChI=1S/C18H20N2O6/c1-4-8-20-16(22)13-6-5-12(10-14(13)17(20)23)18(24)26-11(2)15(21)19-7-9-25-3/h4-6,10-11H,1,7-9H2,2-3H3,(H,19,21)/t11-/m1/s1. The molecule has 1 aromatic rings. The van der Waals surface area contributed by atoms with E-state index in [0.717, 1.165) is 4.90 Å². The Morgan fingerprint density at radius 1 is 1.27 bits per heavy atom. The molecule has 1 aromatic carbocycles. The van der Waals surface area contributed by atoms with Crippen molar-refractivity contribution in [3.8, 4) is 0 Å². The van der Waals surface area contributed by atoms with Crippen molar-refractivity contribution in [3.63, 3.8) is 0 Å². The Morgan fingerprint density at radius 3 is 2.62 bits per heavy atom. The van der Waals surface area contributed by atoms with Gasteiger partial charge in [0.1, 0.15) is 0 Å². The summed E-state index contributed by atoms with van der Waals surface area (Å²) in [7, 11) is 1.51. The number of fused-ring (bicyclic) bond motifs is 1. The Hall–Kier alpha value is -3.00. The second-order valence-corrected chi connectivity index (χ2v) is 5.60. The van der Waals surface area contributed by atoms with Gasteiger partial charge in [-0.3, -0.25) is 19.3 Å². The van der Waals surface area contributed by atoms with Crippen LogP contribution in [0.15, 0.2) is 30.9 Å². The fourth-order valence-electron chi connectivity index (χ4n) is 2.41. The number of imide groups is 1. The monoisotopic (exact) mass is 360 g/mol. The molecule has 0 unspecified atom stereocenters. The van der Waals surface area contributed by atoms with E-state index in [-0.39, 0.29) is 23.2 Å². The van der Waals surface area contributed by atoms with Gasteiger partial charge in [0.05, 0.1) is 23.3 Å². The fraction of sp³-hybridized carbons (Fsp3) is 0.333. The van der Waals surface area contributed by atoms with E-state index in [1.54, 1.807) is 0 Å². The zero-order valence-electron chi connectivity index (χ0n) is 14.6. The van der Waals surface area contributed by atoms with E-state index in [1.807, 2.05) is 0 Å². The molecule has 0 aliphatic carbocycles. The van der Waals surface area contributed by atoms with Crippen LogP contribution in [0.3, 0.4) is 0 Å². The lowest BCUT2D eigenvalue weighted by atomic mass is 10.1. The highest BCUT2D eigenvalue weighted by atomic mass is 16.5. The summed E-state index contributed by atoms with van der Waals surface area (Å²) in [4.78, 5) is 49.5. The van der Waals surface area contributed by atoms with E-state index in [1.165, 1.54) is 38.3 Å². The first-order valence-electron chi connectivity index (χ1n) is 7.99. The molecule has 0 saturated carbocycles. The quantitative estimate of drug-likeness (QED) is 0.318. The highest BCUT2D eigenvalue weighted by molar-refractivity contribution is 6.22. The van der Waals surface area contributed by atoms with Crippen LogP contribution in [0.5, 0.6) is 0 Å². The molecule has 1 aliphatic rings. The molecule has 1 N–H and O–H groups in total. The van der Waals surface area contributed by atoms with Crippen LogP contribution in [0, 0.1) is 0 Å². The average molecular weight is 360 g/mol. The summed E-state index contributed by atoms with van der Waals surface area (Å²) in [6, 6.07) is 4.09. The van der Waals surface area contributed by atoms with Gasteiger partial charge in [-0.1, -0.05) is 6.08 Å². The van der Waals surface area contributed by atoms with E-state index < -0.39 is 29.8 Å². The number of amides is 3. The molecule has 1 atom stereocenters. The van der Waals surface area contributed by atoms with E-state index in [0.29, 0.717) is 13.2 Å². The number of ether oxygens (including phenoxy) is 2. The molecule has 26 heavy (non-hydrogen) atoms. The molecule has 8 heteroatoms. The molecule has 0 fully saturated rings. The van der Waals surface area contributed by atoms with Gasteiger partial charge in [0.15, 0.2) is 6.10 Å². The van der Waals surface area contributed by atoms with E-state index >= 15 is 0 Å². The molecule has 0 radical (unpaired) electrons. The average Bonchev–Trinajstić information content (AvgIpc) is 2.86. The van der Waals surface area contributed by atoms with E-state index in [4.69, 9.17) is 9.47 Å². The minimum atomic E-state index is -1.01. The van der Waals surface area contributed by atoms with Crippen LogP contribution in [0.4, 0.5) is 0 Å². The number of methoxy groups -OCH3 is 1.